The molecule has 0 saturated heterocycles. The molecule has 0 saturated carbocycles. The third-order valence-electron chi connectivity index (χ3n) is 1.66. The number of hydrogen-bond donors (Lipinski definition) is 3. The zero-order chi connectivity index (χ0) is 11.7. The van der Waals surface area contributed by atoms with E-state index in [0.717, 1.165) is 6.42 Å². The Bertz CT molecular complexity index is 179. The van der Waals surface area contributed by atoms with Gasteiger partial charge in [0, 0.05) is 18.7 Å². The predicted molar refractivity (Wildman–Crippen MR) is 63.0 cm³/mol. The first kappa shape index (κ1) is 14.7. The van der Waals surface area contributed by atoms with E-state index in [-0.39, 0.29) is 18.6 Å². The van der Waals surface area contributed by atoms with E-state index >= 15 is 0 Å². The van der Waals surface area contributed by atoms with Crippen LogP contribution in [0.4, 0.5) is 0 Å². The topological polar surface area (TPSA) is 76.4 Å². The van der Waals surface area contributed by atoms with Crippen molar-refractivity contribution in [2.75, 3.05) is 20.2 Å². The number of rotatable bonds is 8. The van der Waals surface area contributed by atoms with Gasteiger partial charge in [-0.1, -0.05) is 13.8 Å². The van der Waals surface area contributed by atoms with Crippen LogP contribution in [0, 0.1) is 5.92 Å². The first-order valence-corrected chi connectivity index (χ1v) is 5.88. The largest absolute Gasteiger partial charge is 0.463 e. The van der Waals surface area contributed by atoms with Crippen molar-refractivity contribution in [3.8, 4) is 0 Å². The van der Waals surface area contributed by atoms with Crippen LogP contribution in [0.25, 0.3) is 0 Å². The van der Waals surface area contributed by atoms with Crippen LogP contribution in [0.1, 0.15) is 20.3 Å². The Hall–Kier alpha value is -0.300. The Balaban J connectivity index is 4.02. The number of carbonyl (C=O) groups excluding carboxylic acids is 1. The maximum Gasteiger partial charge on any atom is 0.324 e. The Labute approximate surface area is 95.8 Å². The molecular weight excluding hydrogens is 214 g/mol. The van der Waals surface area contributed by atoms with Crippen LogP contribution in [0.3, 0.4) is 0 Å². The lowest BCUT2D eigenvalue weighted by molar-refractivity contribution is -0.145. The lowest BCUT2D eigenvalue weighted by Gasteiger charge is -2.18. The molecule has 0 rings (SSSR count). The molecule has 0 bridgehead atoms. The van der Waals surface area contributed by atoms with Gasteiger partial charge < -0.3 is 10.5 Å². The Kier molecular flexibility index (Phi) is 8.79. The van der Waals surface area contributed by atoms with Gasteiger partial charge in [-0.25, -0.2) is 4.72 Å². The zero-order valence-electron chi connectivity index (χ0n) is 9.58. The summed E-state index contributed by atoms with van der Waals surface area (Å²) in [5.74, 6) is 0.197. The van der Waals surface area contributed by atoms with Gasteiger partial charge in [0.15, 0.2) is 0 Å². The number of nitrogens with one attached hydrogen (secondary N) is 2. The molecule has 0 aliphatic carbocycles. The van der Waals surface area contributed by atoms with E-state index in [9.17, 15) is 4.79 Å². The minimum absolute atomic E-state index is 0.239. The van der Waals surface area contributed by atoms with Crippen molar-refractivity contribution in [1.29, 1.82) is 0 Å². The monoisotopic (exact) mass is 235 g/mol. The van der Waals surface area contributed by atoms with Crippen LogP contribution in [0.2, 0.25) is 0 Å². The molecular formula is C9H21N3O2S. The summed E-state index contributed by atoms with van der Waals surface area (Å²) in [5, 5.41) is 0. The van der Waals surface area contributed by atoms with E-state index in [1.807, 2.05) is 0 Å². The fourth-order valence-electron chi connectivity index (χ4n) is 1.05. The highest BCUT2D eigenvalue weighted by Crippen LogP contribution is 2.08. The van der Waals surface area contributed by atoms with Crippen molar-refractivity contribution in [2.45, 2.75) is 26.3 Å². The summed E-state index contributed by atoms with van der Waals surface area (Å²) >= 11 is 1.29. The molecule has 0 radical (unpaired) electrons. The van der Waals surface area contributed by atoms with Gasteiger partial charge in [0.2, 0.25) is 0 Å². The van der Waals surface area contributed by atoms with E-state index in [1.54, 1.807) is 7.05 Å². The summed E-state index contributed by atoms with van der Waals surface area (Å²) in [6.45, 7) is 4.77. The van der Waals surface area contributed by atoms with Crippen LogP contribution < -0.4 is 15.2 Å². The molecule has 0 heterocycles. The van der Waals surface area contributed by atoms with Crippen LogP contribution in [-0.2, 0) is 9.53 Å². The first-order chi connectivity index (χ1) is 7.11. The van der Waals surface area contributed by atoms with Crippen molar-refractivity contribution in [3.05, 3.63) is 0 Å². The van der Waals surface area contributed by atoms with E-state index in [4.69, 9.17) is 10.5 Å². The molecule has 0 fully saturated rings. The summed E-state index contributed by atoms with van der Waals surface area (Å²) in [7, 11) is 1.79. The molecule has 15 heavy (non-hydrogen) atoms. The van der Waals surface area contributed by atoms with Gasteiger partial charge in [0.05, 0.1) is 0 Å². The fourth-order valence-corrected chi connectivity index (χ4v) is 1.51. The number of ether oxygens (including phenoxy) is 1. The SMILES string of the molecule is CNSN[C@@H](CC(C)C)C(=O)OCCN. The summed E-state index contributed by atoms with van der Waals surface area (Å²) < 4.78 is 10.8. The Morgan fingerprint density at radius 1 is 1.53 bits per heavy atom. The van der Waals surface area contributed by atoms with Gasteiger partial charge in [-0.15, -0.1) is 0 Å². The molecule has 0 aromatic heterocycles. The molecule has 90 valence electrons. The maximum atomic E-state index is 11.6. The average Bonchev–Trinajstić information content (AvgIpc) is 2.20. The smallest absolute Gasteiger partial charge is 0.324 e. The Morgan fingerprint density at radius 3 is 2.67 bits per heavy atom. The first-order valence-electron chi connectivity index (χ1n) is 5.06. The average molecular weight is 235 g/mol. The molecule has 0 aromatic rings. The molecule has 0 aromatic carbocycles. The highest BCUT2D eigenvalue weighted by Gasteiger charge is 2.20. The number of nitrogens with two attached hydrogens (primary N) is 1. The van der Waals surface area contributed by atoms with Gasteiger partial charge in [-0.2, -0.15) is 0 Å². The summed E-state index contributed by atoms with van der Waals surface area (Å²) in [4.78, 5) is 11.6. The molecule has 0 amide bonds. The molecule has 6 heteroatoms. The van der Waals surface area contributed by atoms with Crippen molar-refractivity contribution in [1.82, 2.24) is 9.44 Å². The minimum atomic E-state index is -0.283. The molecule has 0 spiro atoms. The van der Waals surface area contributed by atoms with Gasteiger partial charge in [-0.3, -0.25) is 9.52 Å². The molecule has 0 unspecified atom stereocenters. The standard InChI is InChI=1S/C9H21N3O2S/c1-7(2)6-8(12-15-11-3)9(13)14-5-4-10/h7-8,11-12H,4-6,10H2,1-3H3/t8-/m0/s1. The van der Waals surface area contributed by atoms with E-state index in [2.05, 4.69) is 23.3 Å². The molecule has 0 aliphatic heterocycles. The third-order valence-corrected chi connectivity index (χ3v) is 2.26. The van der Waals surface area contributed by atoms with Gasteiger partial charge in [0.1, 0.15) is 12.6 Å². The van der Waals surface area contributed by atoms with Crippen LogP contribution in [0.5, 0.6) is 0 Å². The quantitative estimate of drug-likeness (QED) is 0.414. The fraction of sp³-hybridized carbons (Fsp3) is 0.889. The normalized spacial score (nSPS) is 12.9. The Morgan fingerprint density at radius 2 is 2.20 bits per heavy atom. The van der Waals surface area contributed by atoms with Gasteiger partial charge in [-0.05, 0) is 19.4 Å². The maximum absolute atomic E-state index is 11.6. The second-order valence-electron chi connectivity index (χ2n) is 3.56. The molecule has 4 N–H and O–H groups in total. The lowest BCUT2D eigenvalue weighted by Crippen LogP contribution is -2.37. The summed E-state index contributed by atoms with van der Waals surface area (Å²) in [6.07, 6.45) is 0.748. The zero-order valence-corrected chi connectivity index (χ0v) is 10.4. The second kappa shape index (κ2) is 8.96. The van der Waals surface area contributed by atoms with Crippen molar-refractivity contribution in [3.63, 3.8) is 0 Å². The number of hydrogen-bond acceptors (Lipinski definition) is 6. The molecule has 0 aliphatic rings. The highest BCUT2D eigenvalue weighted by atomic mass is 32.2. The van der Waals surface area contributed by atoms with Crippen molar-refractivity contribution < 1.29 is 9.53 Å². The van der Waals surface area contributed by atoms with Gasteiger partial charge >= 0.3 is 5.97 Å². The van der Waals surface area contributed by atoms with Crippen LogP contribution >= 0.6 is 12.1 Å². The van der Waals surface area contributed by atoms with E-state index < -0.39 is 0 Å². The molecule has 5 nitrogen and oxygen atoms in total. The second-order valence-corrected chi connectivity index (χ2v) is 4.41. The van der Waals surface area contributed by atoms with Gasteiger partial charge in [0.25, 0.3) is 0 Å². The van der Waals surface area contributed by atoms with Crippen LogP contribution in [0.15, 0.2) is 0 Å². The summed E-state index contributed by atoms with van der Waals surface area (Å²) in [6, 6.07) is -0.283. The van der Waals surface area contributed by atoms with Crippen molar-refractivity contribution >= 4 is 18.1 Å². The van der Waals surface area contributed by atoms with Crippen molar-refractivity contribution in [2.24, 2.45) is 11.7 Å². The third kappa shape index (κ3) is 7.61. The number of carbonyl (C=O) groups is 1. The summed E-state index contributed by atoms with van der Waals surface area (Å²) in [5.41, 5.74) is 5.26. The van der Waals surface area contributed by atoms with E-state index in [1.165, 1.54) is 12.1 Å². The minimum Gasteiger partial charge on any atom is -0.463 e. The lowest BCUT2D eigenvalue weighted by atomic mass is 10.1. The number of esters is 1. The van der Waals surface area contributed by atoms with E-state index in [0.29, 0.717) is 12.5 Å². The molecule has 1 atom stereocenters. The van der Waals surface area contributed by atoms with Crippen LogP contribution in [-0.4, -0.2) is 32.2 Å². The highest BCUT2D eigenvalue weighted by molar-refractivity contribution is 7.95. The predicted octanol–water partition coefficient (Wildman–Crippen LogP) is 0.275.